The quantitative estimate of drug-likeness (QED) is 0.754. The summed E-state index contributed by atoms with van der Waals surface area (Å²) in [4.78, 5) is 11.0. The number of methoxy groups -OCH3 is 1. The van der Waals surface area contributed by atoms with Crippen LogP contribution in [0.4, 0.5) is 4.39 Å². The Balaban J connectivity index is 2.59. The number of nitrogens with zero attached hydrogens (tertiary/aromatic N) is 1. The van der Waals surface area contributed by atoms with Crippen molar-refractivity contribution in [2.75, 3.05) is 20.3 Å². The minimum atomic E-state index is -0.667. The van der Waals surface area contributed by atoms with E-state index in [-0.39, 0.29) is 30.3 Å². The number of nitriles is 1. The zero-order chi connectivity index (χ0) is 12.0. The number of hydrogen-bond donors (Lipinski definition) is 0. The molecular weight excluding hydrogens is 213 g/mol. The van der Waals surface area contributed by atoms with Crippen LogP contribution in [0.2, 0.25) is 0 Å². The molecule has 0 aliphatic carbocycles. The van der Waals surface area contributed by atoms with Crippen molar-refractivity contribution >= 4 is 5.78 Å². The molecule has 0 radical (unpaired) electrons. The normalized spacial score (nSPS) is 9.56. The van der Waals surface area contributed by atoms with Crippen molar-refractivity contribution in [1.29, 1.82) is 5.26 Å². The zero-order valence-electron chi connectivity index (χ0n) is 8.70. The van der Waals surface area contributed by atoms with Crippen LogP contribution in [0.3, 0.4) is 0 Å². The Morgan fingerprint density at radius 3 is 2.81 bits per heavy atom. The second kappa shape index (κ2) is 5.83. The van der Waals surface area contributed by atoms with E-state index >= 15 is 0 Å². The maximum absolute atomic E-state index is 13.1. The number of carbonyl (C=O) groups excluding carboxylic acids is 1. The van der Waals surface area contributed by atoms with Gasteiger partial charge in [0.05, 0.1) is 5.56 Å². The number of Topliss-reactive ketones (excluding diaryl/α,β-unsaturated/α-hetero) is 1. The molecule has 0 unspecified atom stereocenters. The van der Waals surface area contributed by atoms with Crippen LogP contribution in [0.15, 0.2) is 18.2 Å². The molecule has 0 aliphatic rings. The summed E-state index contributed by atoms with van der Waals surface area (Å²) in [6, 6.07) is 5.49. The Morgan fingerprint density at radius 1 is 1.50 bits per heavy atom. The van der Waals surface area contributed by atoms with Crippen molar-refractivity contribution in [2.24, 2.45) is 0 Å². The van der Waals surface area contributed by atoms with E-state index in [1.807, 2.05) is 0 Å². The van der Waals surface area contributed by atoms with Gasteiger partial charge in [-0.15, -0.1) is 0 Å². The molecule has 84 valence electrons. The molecule has 0 bridgehead atoms. The van der Waals surface area contributed by atoms with E-state index in [2.05, 4.69) is 4.74 Å². The lowest BCUT2D eigenvalue weighted by Gasteiger charge is -2.05. The third kappa shape index (κ3) is 3.33. The van der Waals surface area contributed by atoms with Gasteiger partial charge in [-0.05, 0) is 12.1 Å². The Labute approximate surface area is 92.2 Å². The van der Waals surface area contributed by atoms with Gasteiger partial charge in [-0.3, -0.25) is 4.79 Å². The van der Waals surface area contributed by atoms with Gasteiger partial charge in [0.15, 0.2) is 5.78 Å². The first-order valence-electron chi connectivity index (χ1n) is 4.50. The second-order valence-corrected chi connectivity index (χ2v) is 3.01. The summed E-state index contributed by atoms with van der Waals surface area (Å²) in [6.45, 7) is -0.224. The lowest BCUT2D eigenvalue weighted by molar-refractivity contribution is -0.124. The van der Waals surface area contributed by atoms with Crippen molar-refractivity contribution < 1.29 is 18.7 Å². The number of ketones is 1. The summed E-state index contributed by atoms with van der Waals surface area (Å²) in [5.41, 5.74) is -0.0597. The molecule has 16 heavy (non-hydrogen) atoms. The lowest BCUT2D eigenvalue weighted by atomic mass is 10.2. The minimum absolute atomic E-state index is 0.0429. The predicted molar refractivity (Wildman–Crippen MR) is 53.5 cm³/mol. The summed E-state index contributed by atoms with van der Waals surface area (Å²) in [5, 5.41) is 8.50. The molecule has 0 aliphatic heterocycles. The van der Waals surface area contributed by atoms with E-state index in [0.717, 1.165) is 6.07 Å². The van der Waals surface area contributed by atoms with Crippen molar-refractivity contribution in [3.05, 3.63) is 29.6 Å². The van der Waals surface area contributed by atoms with Crippen molar-refractivity contribution in [1.82, 2.24) is 0 Å². The molecule has 0 spiro atoms. The fourth-order valence-corrected chi connectivity index (χ4v) is 1.04. The minimum Gasteiger partial charge on any atom is -0.486 e. The molecule has 1 aromatic carbocycles. The van der Waals surface area contributed by atoms with Gasteiger partial charge in [0, 0.05) is 13.2 Å². The first-order chi connectivity index (χ1) is 7.67. The number of halogens is 1. The van der Waals surface area contributed by atoms with Crippen LogP contribution in [0.5, 0.6) is 5.75 Å². The van der Waals surface area contributed by atoms with Gasteiger partial charge in [-0.1, -0.05) is 0 Å². The number of hydrogen-bond acceptors (Lipinski definition) is 4. The maximum Gasteiger partial charge on any atom is 0.195 e. The van der Waals surface area contributed by atoms with Crippen molar-refractivity contribution in [2.45, 2.75) is 0 Å². The molecule has 0 amide bonds. The summed E-state index contributed by atoms with van der Waals surface area (Å²) in [6.07, 6.45) is 0. The Bertz CT molecular complexity index is 426. The third-order valence-electron chi connectivity index (χ3n) is 1.77. The van der Waals surface area contributed by atoms with Crippen LogP contribution < -0.4 is 4.74 Å². The Morgan fingerprint density at radius 2 is 2.25 bits per heavy atom. The van der Waals surface area contributed by atoms with E-state index in [0.29, 0.717) is 0 Å². The molecule has 5 heteroatoms. The molecule has 1 aromatic rings. The van der Waals surface area contributed by atoms with Crippen LogP contribution >= 0.6 is 0 Å². The molecule has 0 saturated heterocycles. The summed E-state index contributed by atoms with van der Waals surface area (Å²) in [7, 11) is 1.40. The second-order valence-electron chi connectivity index (χ2n) is 3.01. The summed E-state index contributed by atoms with van der Waals surface area (Å²) in [5.74, 6) is -0.701. The molecule has 0 fully saturated rings. The standard InChI is InChI=1S/C11H10FNO3/c1-15-6-9(14)7-16-10-3-2-8(5-13)11(12)4-10/h2-4H,6-7H2,1H3. The Kier molecular flexibility index (Phi) is 4.42. The first kappa shape index (κ1) is 12.1. The van der Waals surface area contributed by atoms with Crippen LogP contribution in [0.1, 0.15) is 5.56 Å². The molecule has 0 N–H and O–H groups in total. The molecule has 0 atom stereocenters. The van der Waals surface area contributed by atoms with E-state index in [1.165, 1.54) is 19.2 Å². The van der Waals surface area contributed by atoms with Gasteiger partial charge in [0.2, 0.25) is 0 Å². The highest BCUT2D eigenvalue weighted by Crippen LogP contribution is 2.15. The van der Waals surface area contributed by atoms with E-state index in [9.17, 15) is 9.18 Å². The molecular formula is C11H10FNO3. The van der Waals surface area contributed by atoms with Crippen LogP contribution in [-0.2, 0) is 9.53 Å². The van der Waals surface area contributed by atoms with Crippen LogP contribution in [0.25, 0.3) is 0 Å². The fourth-order valence-electron chi connectivity index (χ4n) is 1.04. The summed E-state index contributed by atoms with van der Waals surface area (Å²) < 4.78 is 22.7. The highest BCUT2D eigenvalue weighted by molar-refractivity contribution is 5.81. The number of rotatable bonds is 5. The van der Waals surface area contributed by atoms with Crippen LogP contribution in [0, 0.1) is 17.1 Å². The smallest absolute Gasteiger partial charge is 0.195 e. The average molecular weight is 223 g/mol. The molecule has 0 saturated carbocycles. The van der Waals surface area contributed by atoms with Gasteiger partial charge in [-0.2, -0.15) is 5.26 Å². The Hall–Kier alpha value is -1.93. The third-order valence-corrected chi connectivity index (χ3v) is 1.77. The zero-order valence-corrected chi connectivity index (χ0v) is 8.70. The van der Waals surface area contributed by atoms with E-state index in [4.69, 9.17) is 10.00 Å². The van der Waals surface area contributed by atoms with E-state index < -0.39 is 5.82 Å². The lowest BCUT2D eigenvalue weighted by Crippen LogP contribution is -2.16. The van der Waals surface area contributed by atoms with Gasteiger partial charge in [-0.25, -0.2) is 4.39 Å². The van der Waals surface area contributed by atoms with Crippen molar-refractivity contribution in [3.8, 4) is 11.8 Å². The predicted octanol–water partition coefficient (Wildman–Crippen LogP) is 1.29. The molecule has 0 heterocycles. The van der Waals surface area contributed by atoms with Gasteiger partial charge >= 0.3 is 0 Å². The molecule has 1 rings (SSSR count). The fraction of sp³-hybridized carbons (Fsp3) is 0.273. The number of carbonyl (C=O) groups is 1. The maximum atomic E-state index is 13.1. The monoisotopic (exact) mass is 223 g/mol. The number of benzene rings is 1. The van der Waals surface area contributed by atoms with Crippen molar-refractivity contribution in [3.63, 3.8) is 0 Å². The highest BCUT2D eigenvalue weighted by Gasteiger charge is 2.05. The van der Waals surface area contributed by atoms with E-state index in [1.54, 1.807) is 6.07 Å². The largest absolute Gasteiger partial charge is 0.486 e. The van der Waals surface area contributed by atoms with Gasteiger partial charge in [0.1, 0.15) is 30.8 Å². The SMILES string of the molecule is COCC(=O)COc1ccc(C#N)c(F)c1. The highest BCUT2D eigenvalue weighted by atomic mass is 19.1. The van der Waals surface area contributed by atoms with Gasteiger partial charge < -0.3 is 9.47 Å². The first-order valence-corrected chi connectivity index (χ1v) is 4.50. The van der Waals surface area contributed by atoms with Gasteiger partial charge in [0.25, 0.3) is 0 Å². The molecule has 4 nitrogen and oxygen atoms in total. The summed E-state index contributed by atoms with van der Waals surface area (Å²) >= 11 is 0. The molecule has 0 aromatic heterocycles. The average Bonchev–Trinajstić information content (AvgIpc) is 2.27. The van der Waals surface area contributed by atoms with Crippen LogP contribution in [-0.4, -0.2) is 26.1 Å². The number of ether oxygens (including phenoxy) is 2. The topological polar surface area (TPSA) is 59.3 Å².